The molecule has 78 valence electrons. The minimum atomic E-state index is -0.470. The molecule has 0 aliphatic rings. The average Bonchev–Trinajstić information content (AvgIpc) is 2.26. The molecule has 3 nitrogen and oxygen atoms in total. The van der Waals surface area contributed by atoms with E-state index >= 15 is 0 Å². The number of rotatable bonds is 2. The first-order chi connectivity index (χ1) is 7.13. The summed E-state index contributed by atoms with van der Waals surface area (Å²) in [5, 5.41) is 9.42. The van der Waals surface area contributed by atoms with E-state index in [1.165, 1.54) is 13.2 Å². The highest BCUT2D eigenvalue weighted by Crippen LogP contribution is 2.23. The standard InChI is InChI=1S/C10H8BrNO2S/c1-14-10(13)6-2-7(5-12)8(4-11)9(15)3-6/h2-3,15H,4H2,1H3. The fraction of sp³-hybridized carbons (Fsp3) is 0.200. The van der Waals surface area contributed by atoms with E-state index in [2.05, 4.69) is 33.3 Å². The second-order valence-corrected chi connectivity index (χ2v) is 3.80. The molecule has 0 radical (unpaired) electrons. The predicted octanol–water partition coefficient (Wildman–Crippen LogP) is 2.53. The van der Waals surface area contributed by atoms with Crippen LogP contribution < -0.4 is 0 Å². The predicted molar refractivity (Wildman–Crippen MR) is 62.4 cm³/mol. The van der Waals surface area contributed by atoms with Crippen molar-refractivity contribution in [1.29, 1.82) is 5.26 Å². The van der Waals surface area contributed by atoms with E-state index in [0.29, 0.717) is 21.4 Å². The van der Waals surface area contributed by atoms with Crippen LogP contribution in [0.3, 0.4) is 0 Å². The van der Waals surface area contributed by atoms with Gasteiger partial charge in [0.25, 0.3) is 0 Å². The molecule has 0 heterocycles. The number of nitriles is 1. The maximum Gasteiger partial charge on any atom is 0.337 e. The van der Waals surface area contributed by atoms with Crippen LogP contribution in [0, 0.1) is 11.3 Å². The van der Waals surface area contributed by atoms with Crippen molar-refractivity contribution in [2.75, 3.05) is 7.11 Å². The molecule has 1 aromatic carbocycles. The van der Waals surface area contributed by atoms with Crippen LogP contribution in [0.4, 0.5) is 0 Å². The van der Waals surface area contributed by atoms with E-state index < -0.39 is 5.97 Å². The molecule has 0 fully saturated rings. The normalized spacial score (nSPS) is 9.47. The Balaban J connectivity index is 3.33. The third-order valence-corrected chi connectivity index (χ3v) is 2.86. The topological polar surface area (TPSA) is 50.1 Å². The lowest BCUT2D eigenvalue weighted by molar-refractivity contribution is 0.0600. The van der Waals surface area contributed by atoms with Gasteiger partial charge in [-0.2, -0.15) is 5.26 Å². The number of thiol groups is 1. The second kappa shape index (κ2) is 5.19. The number of ether oxygens (including phenoxy) is 1. The second-order valence-electron chi connectivity index (χ2n) is 2.76. The summed E-state index contributed by atoms with van der Waals surface area (Å²) in [7, 11) is 1.30. The third kappa shape index (κ3) is 2.52. The lowest BCUT2D eigenvalue weighted by Gasteiger charge is -2.06. The molecule has 5 heteroatoms. The number of carbonyl (C=O) groups excluding carboxylic acids is 1. The SMILES string of the molecule is COC(=O)c1cc(S)c(CBr)c(C#N)c1. The van der Waals surface area contributed by atoms with Gasteiger partial charge in [0.2, 0.25) is 0 Å². The van der Waals surface area contributed by atoms with E-state index in [0.717, 1.165) is 5.56 Å². The van der Waals surface area contributed by atoms with Crippen molar-refractivity contribution in [2.45, 2.75) is 10.2 Å². The number of nitrogens with zero attached hydrogens (tertiary/aromatic N) is 1. The smallest absolute Gasteiger partial charge is 0.337 e. The molecule has 1 rings (SSSR count). The van der Waals surface area contributed by atoms with Gasteiger partial charge in [-0.05, 0) is 17.7 Å². The first kappa shape index (κ1) is 12.1. The van der Waals surface area contributed by atoms with Crippen molar-refractivity contribution in [3.63, 3.8) is 0 Å². The molecule has 0 aliphatic heterocycles. The van der Waals surface area contributed by atoms with Crippen molar-refractivity contribution in [3.8, 4) is 6.07 Å². The van der Waals surface area contributed by atoms with Crippen molar-refractivity contribution < 1.29 is 9.53 Å². The van der Waals surface area contributed by atoms with Gasteiger partial charge in [-0.1, -0.05) is 15.9 Å². The number of hydrogen-bond donors (Lipinski definition) is 1. The first-order valence-electron chi connectivity index (χ1n) is 4.04. The number of halogens is 1. The van der Waals surface area contributed by atoms with Gasteiger partial charge in [0.15, 0.2) is 0 Å². The lowest BCUT2D eigenvalue weighted by Crippen LogP contribution is -2.03. The highest BCUT2D eigenvalue weighted by molar-refractivity contribution is 9.08. The summed E-state index contributed by atoms with van der Waals surface area (Å²) in [5.41, 5.74) is 1.54. The van der Waals surface area contributed by atoms with Crippen molar-refractivity contribution in [1.82, 2.24) is 0 Å². The number of alkyl halides is 1. The quantitative estimate of drug-likeness (QED) is 0.516. The molecule has 1 aromatic rings. The zero-order valence-electron chi connectivity index (χ0n) is 7.95. The molecule has 0 saturated carbocycles. The number of benzene rings is 1. The molecule has 0 N–H and O–H groups in total. The highest BCUT2D eigenvalue weighted by atomic mass is 79.9. The fourth-order valence-electron chi connectivity index (χ4n) is 1.13. The Hall–Kier alpha value is -0.990. The molecular formula is C10H8BrNO2S. The summed E-state index contributed by atoms with van der Waals surface area (Å²) in [6.07, 6.45) is 0. The van der Waals surface area contributed by atoms with Crippen LogP contribution in [-0.4, -0.2) is 13.1 Å². The minimum absolute atomic E-state index is 0.337. The number of hydrogen-bond acceptors (Lipinski definition) is 4. The molecule has 0 aromatic heterocycles. The summed E-state index contributed by atoms with van der Waals surface area (Å²) in [5.74, 6) is -0.470. The van der Waals surface area contributed by atoms with E-state index in [1.54, 1.807) is 6.07 Å². The largest absolute Gasteiger partial charge is 0.465 e. The minimum Gasteiger partial charge on any atom is -0.465 e. The zero-order valence-corrected chi connectivity index (χ0v) is 10.4. The van der Waals surface area contributed by atoms with Gasteiger partial charge in [0.05, 0.1) is 24.3 Å². The van der Waals surface area contributed by atoms with E-state index in [9.17, 15) is 4.79 Å². The molecule has 0 amide bonds. The number of carbonyl (C=O) groups is 1. The molecule has 0 unspecified atom stereocenters. The lowest BCUT2D eigenvalue weighted by atomic mass is 10.1. The Labute approximate surface area is 102 Å². The van der Waals surface area contributed by atoms with E-state index in [-0.39, 0.29) is 0 Å². The Morgan fingerprint density at radius 3 is 2.80 bits per heavy atom. The summed E-state index contributed by atoms with van der Waals surface area (Å²) >= 11 is 7.48. The van der Waals surface area contributed by atoms with Gasteiger partial charge in [0.1, 0.15) is 0 Å². The Morgan fingerprint density at radius 1 is 1.67 bits per heavy atom. The first-order valence-corrected chi connectivity index (χ1v) is 5.61. The molecular weight excluding hydrogens is 278 g/mol. The molecule has 0 saturated heterocycles. The molecule has 0 spiro atoms. The van der Waals surface area contributed by atoms with Gasteiger partial charge in [-0.25, -0.2) is 4.79 Å². The van der Waals surface area contributed by atoms with Crippen LogP contribution in [0.1, 0.15) is 21.5 Å². The van der Waals surface area contributed by atoms with E-state index in [1.807, 2.05) is 6.07 Å². The average molecular weight is 286 g/mol. The summed E-state index contributed by atoms with van der Waals surface area (Å²) in [4.78, 5) is 11.9. The maximum absolute atomic E-state index is 11.3. The highest BCUT2D eigenvalue weighted by Gasteiger charge is 2.12. The molecule has 0 aliphatic carbocycles. The number of esters is 1. The van der Waals surface area contributed by atoms with Crippen LogP contribution >= 0.6 is 28.6 Å². The summed E-state index contributed by atoms with van der Waals surface area (Å²) < 4.78 is 4.57. The van der Waals surface area contributed by atoms with E-state index in [4.69, 9.17) is 5.26 Å². The van der Waals surface area contributed by atoms with Crippen molar-refractivity contribution >= 4 is 34.5 Å². The summed E-state index contributed by atoms with van der Waals surface area (Å²) in [6.45, 7) is 0. The van der Waals surface area contributed by atoms with Gasteiger partial charge >= 0.3 is 5.97 Å². The van der Waals surface area contributed by atoms with Crippen LogP contribution in [0.5, 0.6) is 0 Å². The monoisotopic (exact) mass is 285 g/mol. The zero-order chi connectivity index (χ0) is 11.4. The fourth-order valence-corrected chi connectivity index (χ4v) is 2.29. The van der Waals surface area contributed by atoms with Crippen LogP contribution in [0.25, 0.3) is 0 Å². The third-order valence-electron chi connectivity index (χ3n) is 1.90. The van der Waals surface area contributed by atoms with Gasteiger partial charge in [0, 0.05) is 10.2 Å². The van der Waals surface area contributed by atoms with Crippen LogP contribution in [0.2, 0.25) is 0 Å². The van der Waals surface area contributed by atoms with Crippen LogP contribution in [-0.2, 0) is 10.1 Å². The van der Waals surface area contributed by atoms with Gasteiger partial charge in [-0.15, -0.1) is 12.6 Å². The van der Waals surface area contributed by atoms with Crippen molar-refractivity contribution in [2.24, 2.45) is 0 Å². The molecule has 15 heavy (non-hydrogen) atoms. The Morgan fingerprint density at radius 2 is 2.33 bits per heavy atom. The van der Waals surface area contributed by atoms with Gasteiger partial charge in [-0.3, -0.25) is 0 Å². The van der Waals surface area contributed by atoms with Crippen LogP contribution in [0.15, 0.2) is 17.0 Å². The number of methoxy groups -OCH3 is 1. The maximum atomic E-state index is 11.3. The van der Waals surface area contributed by atoms with Gasteiger partial charge < -0.3 is 4.74 Å². The van der Waals surface area contributed by atoms with Crippen molar-refractivity contribution in [3.05, 3.63) is 28.8 Å². The Kier molecular flexibility index (Phi) is 4.18. The summed E-state index contributed by atoms with van der Waals surface area (Å²) in [6, 6.07) is 5.11. The Bertz CT molecular complexity index is 440. The molecule has 0 atom stereocenters. The molecule has 0 bridgehead atoms.